The number of rotatable bonds is 4. The molecule has 0 radical (unpaired) electrons. The molecule has 2 nitrogen and oxygen atoms in total. The van der Waals surface area contributed by atoms with Gasteiger partial charge in [0.1, 0.15) is 17.4 Å². The molecule has 0 aliphatic carbocycles. The van der Waals surface area contributed by atoms with Crippen LogP contribution in [0.25, 0.3) is 0 Å². The Hall–Kier alpha value is -1.42. The fraction of sp³-hybridized carbons (Fsp3) is 0.273. The highest BCUT2D eigenvalue weighted by Gasteiger charge is 2.16. The highest BCUT2D eigenvalue weighted by molar-refractivity contribution is 5.36. The maximum Gasteiger partial charge on any atom is 0.134 e. The van der Waals surface area contributed by atoms with E-state index in [1.165, 1.54) is 0 Å². The molecule has 0 aromatic heterocycles. The molecule has 0 unspecified atom stereocenters. The molecule has 15 heavy (non-hydrogen) atoms. The summed E-state index contributed by atoms with van der Waals surface area (Å²) in [6.07, 6.45) is 1.62. The average molecular weight is 213 g/mol. The average Bonchev–Trinajstić information content (AvgIpc) is 2.12. The maximum atomic E-state index is 13.3. The number of benzene rings is 1. The van der Waals surface area contributed by atoms with Crippen LogP contribution in [0.4, 0.5) is 8.78 Å². The van der Waals surface area contributed by atoms with E-state index in [2.05, 4.69) is 11.9 Å². The van der Waals surface area contributed by atoms with Crippen LogP contribution in [0.3, 0.4) is 0 Å². The van der Waals surface area contributed by atoms with Gasteiger partial charge in [0.05, 0.1) is 0 Å². The van der Waals surface area contributed by atoms with Gasteiger partial charge in [-0.25, -0.2) is 8.78 Å². The van der Waals surface area contributed by atoms with Crippen LogP contribution in [0.15, 0.2) is 24.8 Å². The van der Waals surface area contributed by atoms with Crippen molar-refractivity contribution in [3.63, 3.8) is 0 Å². The van der Waals surface area contributed by atoms with Crippen LogP contribution >= 0.6 is 0 Å². The van der Waals surface area contributed by atoms with Gasteiger partial charge in [0.2, 0.25) is 0 Å². The summed E-state index contributed by atoms with van der Waals surface area (Å²) in [4.78, 5) is 0. The molecule has 0 fully saturated rings. The van der Waals surface area contributed by atoms with Crippen molar-refractivity contribution in [3.05, 3.63) is 42.0 Å². The Labute approximate surface area is 87.2 Å². The van der Waals surface area contributed by atoms with Crippen LogP contribution in [-0.2, 0) is 0 Å². The summed E-state index contributed by atoms with van der Waals surface area (Å²) in [6, 6.07) is 1.25. The summed E-state index contributed by atoms with van der Waals surface area (Å²) >= 11 is 0. The standard InChI is InChI=1S/C11H13F2NO/c1-3-4-14-7(2)11-9(13)5-8(12)6-10(11)15/h3,5-7,14-15H,1,4H2,2H3/t7-/m0/s1. The molecular weight excluding hydrogens is 200 g/mol. The zero-order valence-electron chi connectivity index (χ0n) is 8.43. The Morgan fingerprint density at radius 3 is 2.73 bits per heavy atom. The van der Waals surface area contributed by atoms with Crippen molar-refractivity contribution in [1.82, 2.24) is 5.32 Å². The third kappa shape index (κ3) is 2.76. The van der Waals surface area contributed by atoms with Crippen molar-refractivity contribution in [3.8, 4) is 5.75 Å². The highest BCUT2D eigenvalue weighted by Crippen LogP contribution is 2.27. The van der Waals surface area contributed by atoms with Crippen molar-refractivity contribution < 1.29 is 13.9 Å². The van der Waals surface area contributed by atoms with E-state index < -0.39 is 17.7 Å². The van der Waals surface area contributed by atoms with Gasteiger partial charge in [-0.15, -0.1) is 6.58 Å². The first kappa shape index (κ1) is 11.7. The van der Waals surface area contributed by atoms with Gasteiger partial charge in [0.15, 0.2) is 0 Å². The summed E-state index contributed by atoms with van der Waals surface area (Å²) in [5.74, 6) is -1.92. The first-order valence-electron chi connectivity index (χ1n) is 4.58. The lowest BCUT2D eigenvalue weighted by Crippen LogP contribution is -2.19. The van der Waals surface area contributed by atoms with E-state index in [4.69, 9.17) is 0 Å². The molecule has 82 valence electrons. The predicted octanol–water partition coefficient (Wildman–Crippen LogP) is 2.51. The third-order valence-electron chi connectivity index (χ3n) is 2.07. The predicted molar refractivity (Wildman–Crippen MR) is 54.6 cm³/mol. The number of halogens is 2. The molecule has 1 atom stereocenters. The lowest BCUT2D eigenvalue weighted by molar-refractivity contribution is 0.433. The molecule has 1 aromatic rings. The highest BCUT2D eigenvalue weighted by atomic mass is 19.1. The number of hydrogen-bond acceptors (Lipinski definition) is 2. The molecule has 0 heterocycles. The van der Waals surface area contributed by atoms with Crippen molar-refractivity contribution >= 4 is 0 Å². The zero-order valence-corrected chi connectivity index (χ0v) is 8.43. The molecule has 0 spiro atoms. The number of nitrogens with one attached hydrogen (secondary N) is 1. The Morgan fingerprint density at radius 1 is 1.53 bits per heavy atom. The van der Waals surface area contributed by atoms with Crippen LogP contribution in [0.2, 0.25) is 0 Å². The van der Waals surface area contributed by atoms with Crippen molar-refractivity contribution in [1.29, 1.82) is 0 Å². The van der Waals surface area contributed by atoms with Gasteiger partial charge in [-0.05, 0) is 6.92 Å². The minimum Gasteiger partial charge on any atom is -0.507 e. The number of phenolic OH excluding ortho intramolecular Hbond substituents is 1. The normalized spacial score (nSPS) is 12.5. The van der Waals surface area contributed by atoms with Gasteiger partial charge in [-0.2, -0.15) is 0 Å². The Balaban J connectivity index is 2.97. The second-order valence-corrected chi connectivity index (χ2v) is 3.24. The molecule has 0 saturated heterocycles. The summed E-state index contributed by atoms with van der Waals surface area (Å²) in [6.45, 7) is 5.67. The molecule has 4 heteroatoms. The maximum absolute atomic E-state index is 13.3. The van der Waals surface area contributed by atoms with Gasteiger partial charge in [-0.3, -0.25) is 0 Å². The summed E-state index contributed by atoms with van der Waals surface area (Å²) < 4.78 is 26.0. The molecule has 0 aliphatic rings. The molecular formula is C11H13F2NO. The topological polar surface area (TPSA) is 32.3 Å². The van der Waals surface area contributed by atoms with Gasteiger partial charge >= 0.3 is 0 Å². The van der Waals surface area contributed by atoms with Crippen molar-refractivity contribution in [2.24, 2.45) is 0 Å². The Bertz CT molecular complexity index is 343. The van der Waals surface area contributed by atoms with Crippen LogP contribution in [0.5, 0.6) is 5.75 Å². The second-order valence-electron chi connectivity index (χ2n) is 3.24. The van der Waals surface area contributed by atoms with Crippen LogP contribution in [0.1, 0.15) is 18.5 Å². The van der Waals surface area contributed by atoms with E-state index in [1.54, 1.807) is 13.0 Å². The second kappa shape index (κ2) is 4.89. The summed E-state index contributed by atoms with van der Waals surface area (Å²) in [5.41, 5.74) is 0.0678. The van der Waals surface area contributed by atoms with E-state index >= 15 is 0 Å². The molecule has 1 rings (SSSR count). The van der Waals surface area contributed by atoms with E-state index in [9.17, 15) is 13.9 Å². The monoisotopic (exact) mass is 213 g/mol. The summed E-state index contributed by atoms with van der Waals surface area (Å²) in [5, 5.41) is 12.3. The van der Waals surface area contributed by atoms with Gasteiger partial charge < -0.3 is 10.4 Å². The van der Waals surface area contributed by atoms with E-state index in [1.807, 2.05) is 0 Å². The molecule has 0 saturated carbocycles. The quantitative estimate of drug-likeness (QED) is 0.753. The van der Waals surface area contributed by atoms with E-state index in [0.717, 1.165) is 12.1 Å². The molecule has 0 amide bonds. The molecule has 1 aromatic carbocycles. The minimum atomic E-state index is -0.787. The first-order valence-corrected chi connectivity index (χ1v) is 4.58. The first-order chi connectivity index (χ1) is 7.06. The third-order valence-corrected chi connectivity index (χ3v) is 2.07. The van der Waals surface area contributed by atoms with Crippen molar-refractivity contribution in [2.75, 3.05) is 6.54 Å². The zero-order chi connectivity index (χ0) is 11.4. The fourth-order valence-electron chi connectivity index (χ4n) is 1.36. The number of aromatic hydroxyl groups is 1. The van der Waals surface area contributed by atoms with Gasteiger partial charge in [-0.1, -0.05) is 6.08 Å². The molecule has 0 aliphatic heterocycles. The van der Waals surface area contributed by atoms with Crippen LogP contribution in [-0.4, -0.2) is 11.7 Å². The lowest BCUT2D eigenvalue weighted by Gasteiger charge is -2.15. The molecule has 0 bridgehead atoms. The van der Waals surface area contributed by atoms with Crippen LogP contribution in [0, 0.1) is 11.6 Å². The van der Waals surface area contributed by atoms with E-state index in [-0.39, 0.29) is 11.3 Å². The largest absolute Gasteiger partial charge is 0.507 e. The number of hydrogen-bond donors (Lipinski definition) is 2. The summed E-state index contributed by atoms with van der Waals surface area (Å²) in [7, 11) is 0. The smallest absolute Gasteiger partial charge is 0.134 e. The Morgan fingerprint density at radius 2 is 2.20 bits per heavy atom. The number of phenols is 1. The van der Waals surface area contributed by atoms with E-state index in [0.29, 0.717) is 6.54 Å². The fourth-order valence-corrected chi connectivity index (χ4v) is 1.36. The van der Waals surface area contributed by atoms with Gasteiger partial charge in [0.25, 0.3) is 0 Å². The van der Waals surface area contributed by atoms with Crippen LogP contribution < -0.4 is 5.32 Å². The minimum absolute atomic E-state index is 0.0678. The SMILES string of the molecule is C=CCN[C@@H](C)c1c(O)cc(F)cc1F. The Kier molecular flexibility index (Phi) is 3.80. The molecule has 2 N–H and O–H groups in total. The lowest BCUT2D eigenvalue weighted by atomic mass is 10.1. The van der Waals surface area contributed by atoms with Crippen molar-refractivity contribution in [2.45, 2.75) is 13.0 Å². The van der Waals surface area contributed by atoms with Gasteiger partial charge in [0, 0.05) is 30.3 Å².